The number of amides is 3. The molecule has 0 aromatic heterocycles. The van der Waals surface area contributed by atoms with Crippen LogP contribution in [0.3, 0.4) is 0 Å². The van der Waals surface area contributed by atoms with Gasteiger partial charge in [-0.2, -0.15) is 0 Å². The monoisotopic (exact) mass is 358 g/mol. The van der Waals surface area contributed by atoms with Crippen LogP contribution in [-0.2, 0) is 14.4 Å². The molecule has 1 heterocycles. The smallest absolute Gasteiger partial charge is 0.233 e. The molecule has 3 rings (SSSR count). The number of nitrogens with one attached hydrogen (secondary N) is 1. The van der Waals surface area contributed by atoms with Gasteiger partial charge in [0.25, 0.3) is 0 Å². The van der Waals surface area contributed by atoms with Crippen LogP contribution in [0.1, 0.15) is 26.2 Å². The normalized spacial score (nSPS) is 22.2. The van der Waals surface area contributed by atoms with E-state index in [0.29, 0.717) is 12.8 Å². The van der Waals surface area contributed by atoms with Gasteiger partial charge in [-0.1, -0.05) is 31.2 Å². The van der Waals surface area contributed by atoms with Crippen molar-refractivity contribution in [2.24, 2.45) is 11.8 Å². The fourth-order valence-corrected chi connectivity index (χ4v) is 4.13. The molecule has 2 atom stereocenters. The molecular weight excluding hydrogens is 336 g/mol. The van der Waals surface area contributed by atoms with Crippen LogP contribution < -0.4 is 5.32 Å². The van der Waals surface area contributed by atoms with Crippen LogP contribution in [0.15, 0.2) is 41.3 Å². The number of likely N-dealkylation sites (tertiary alicyclic amines) is 1. The number of carbonyl (C=O) groups excluding carboxylic acids is 3. The summed E-state index contributed by atoms with van der Waals surface area (Å²) in [5, 5.41) is 2.89. The first-order chi connectivity index (χ1) is 12.1. The van der Waals surface area contributed by atoms with Crippen LogP contribution in [0.2, 0.25) is 0 Å². The van der Waals surface area contributed by atoms with Gasteiger partial charge in [0.15, 0.2) is 0 Å². The standard InChI is InChI=1S/C19H22N2O3S/c1-2-25-16-10-6-5-9-15(16)20-17(22)11-12-21-18(23)13-7-3-4-8-14(13)19(21)24/h3-6,9-10,13-14H,2,7-8,11-12H2,1H3,(H,20,22)/t13-,14+. The lowest BCUT2D eigenvalue weighted by Crippen LogP contribution is -2.34. The summed E-state index contributed by atoms with van der Waals surface area (Å²) in [6.07, 6.45) is 5.30. The first-order valence-electron chi connectivity index (χ1n) is 8.63. The van der Waals surface area contributed by atoms with E-state index in [0.717, 1.165) is 16.3 Å². The summed E-state index contributed by atoms with van der Waals surface area (Å²) >= 11 is 1.66. The zero-order valence-corrected chi connectivity index (χ0v) is 15.1. The minimum Gasteiger partial charge on any atom is -0.325 e. The molecular formula is C19H22N2O3S. The summed E-state index contributed by atoms with van der Waals surface area (Å²) in [4.78, 5) is 39.4. The third kappa shape index (κ3) is 3.79. The number of allylic oxidation sites excluding steroid dienone is 2. The fraction of sp³-hybridized carbons (Fsp3) is 0.421. The number of para-hydroxylation sites is 1. The Morgan fingerprint density at radius 1 is 1.16 bits per heavy atom. The van der Waals surface area contributed by atoms with E-state index < -0.39 is 0 Å². The molecule has 25 heavy (non-hydrogen) atoms. The summed E-state index contributed by atoms with van der Waals surface area (Å²) in [5.41, 5.74) is 0.774. The molecule has 2 aliphatic rings. The average molecular weight is 358 g/mol. The Balaban J connectivity index is 1.58. The van der Waals surface area contributed by atoms with Crippen molar-refractivity contribution in [3.8, 4) is 0 Å². The predicted octanol–water partition coefficient (Wildman–Crippen LogP) is 3.08. The molecule has 132 valence electrons. The zero-order valence-electron chi connectivity index (χ0n) is 14.2. The zero-order chi connectivity index (χ0) is 17.8. The van der Waals surface area contributed by atoms with Crippen molar-refractivity contribution >= 4 is 35.2 Å². The number of thioether (sulfide) groups is 1. The summed E-state index contributed by atoms with van der Waals surface area (Å²) in [7, 11) is 0. The van der Waals surface area contributed by atoms with E-state index in [2.05, 4.69) is 12.2 Å². The highest BCUT2D eigenvalue weighted by Gasteiger charge is 2.46. The van der Waals surface area contributed by atoms with E-state index in [1.165, 1.54) is 4.90 Å². The topological polar surface area (TPSA) is 66.5 Å². The Labute approximate surface area is 151 Å². The Morgan fingerprint density at radius 3 is 2.44 bits per heavy atom. The lowest BCUT2D eigenvalue weighted by molar-refractivity contribution is -0.140. The summed E-state index contributed by atoms with van der Waals surface area (Å²) in [6, 6.07) is 7.64. The van der Waals surface area contributed by atoms with Gasteiger partial charge in [-0.3, -0.25) is 19.3 Å². The minimum atomic E-state index is -0.234. The number of hydrogen-bond acceptors (Lipinski definition) is 4. The molecule has 1 N–H and O–H groups in total. The molecule has 1 aliphatic carbocycles. The second-order valence-electron chi connectivity index (χ2n) is 6.21. The molecule has 1 aromatic rings. The second-order valence-corrected chi connectivity index (χ2v) is 7.52. The van der Waals surface area contributed by atoms with Crippen molar-refractivity contribution in [1.29, 1.82) is 0 Å². The molecule has 3 amide bonds. The van der Waals surface area contributed by atoms with Crippen molar-refractivity contribution in [3.05, 3.63) is 36.4 Å². The number of hydrogen-bond donors (Lipinski definition) is 1. The lowest BCUT2D eigenvalue weighted by atomic mass is 9.85. The van der Waals surface area contributed by atoms with Gasteiger partial charge in [0, 0.05) is 17.9 Å². The fourth-order valence-electron chi connectivity index (χ4n) is 3.37. The maximum atomic E-state index is 12.4. The van der Waals surface area contributed by atoms with Crippen LogP contribution >= 0.6 is 11.8 Å². The van der Waals surface area contributed by atoms with Crippen molar-refractivity contribution in [3.63, 3.8) is 0 Å². The molecule has 1 saturated heterocycles. The largest absolute Gasteiger partial charge is 0.325 e. The minimum absolute atomic E-state index is 0.121. The number of fused-ring (bicyclic) bond motifs is 1. The van der Waals surface area contributed by atoms with Gasteiger partial charge in [-0.25, -0.2) is 0 Å². The Kier molecular flexibility index (Phi) is 5.58. The number of rotatable bonds is 6. The Hall–Kier alpha value is -2.08. The molecule has 0 saturated carbocycles. The van der Waals surface area contributed by atoms with Crippen LogP contribution in [0.5, 0.6) is 0 Å². The van der Waals surface area contributed by atoms with Gasteiger partial charge in [-0.05, 0) is 30.7 Å². The summed E-state index contributed by atoms with van der Waals surface area (Å²) in [5.74, 6) is 0.00548. The van der Waals surface area contributed by atoms with Gasteiger partial charge in [-0.15, -0.1) is 11.8 Å². The average Bonchev–Trinajstić information content (AvgIpc) is 2.86. The quantitative estimate of drug-likeness (QED) is 0.482. The molecule has 1 aromatic carbocycles. The molecule has 0 radical (unpaired) electrons. The van der Waals surface area contributed by atoms with Crippen LogP contribution in [0.25, 0.3) is 0 Å². The van der Waals surface area contributed by atoms with E-state index >= 15 is 0 Å². The second kappa shape index (κ2) is 7.87. The number of anilines is 1. The van der Waals surface area contributed by atoms with Gasteiger partial charge >= 0.3 is 0 Å². The van der Waals surface area contributed by atoms with E-state index in [1.807, 2.05) is 36.4 Å². The predicted molar refractivity (Wildman–Crippen MR) is 98.2 cm³/mol. The third-order valence-corrected chi connectivity index (χ3v) is 5.58. The van der Waals surface area contributed by atoms with Crippen molar-refractivity contribution in [2.45, 2.75) is 31.1 Å². The molecule has 6 heteroatoms. The summed E-state index contributed by atoms with van der Waals surface area (Å²) < 4.78 is 0. The Morgan fingerprint density at radius 2 is 1.80 bits per heavy atom. The van der Waals surface area contributed by atoms with Crippen molar-refractivity contribution in [2.75, 3.05) is 17.6 Å². The van der Waals surface area contributed by atoms with E-state index in [9.17, 15) is 14.4 Å². The third-order valence-electron chi connectivity index (χ3n) is 4.62. The maximum absolute atomic E-state index is 12.4. The SMILES string of the molecule is CCSc1ccccc1NC(=O)CCN1C(=O)[C@H]2CC=CC[C@H]2C1=O. The lowest BCUT2D eigenvalue weighted by Gasteiger charge is -2.15. The molecule has 1 fully saturated rings. The first kappa shape index (κ1) is 17.7. The molecule has 0 unspecified atom stereocenters. The highest BCUT2D eigenvalue weighted by atomic mass is 32.2. The van der Waals surface area contributed by atoms with E-state index in [1.54, 1.807) is 11.8 Å². The van der Waals surface area contributed by atoms with E-state index in [4.69, 9.17) is 0 Å². The first-order valence-corrected chi connectivity index (χ1v) is 9.62. The van der Waals surface area contributed by atoms with Crippen LogP contribution in [0.4, 0.5) is 5.69 Å². The van der Waals surface area contributed by atoms with Gasteiger partial charge in [0.2, 0.25) is 17.7 Å². The molecule has 5 nitrogen and oxygen atoms in total. The van der Waals surface area contributed by atoms with Gasteiger partial charge < -0.3 is 5.32 Å². The molecule has 0 spiro atoms. The maximum Gasteiger partial charge on any atom is 0.233 e. The number of benzene rings is 1. The van der Waals surface area contributed by atoms with E-state index in [-0.39, 0.29) is 42.5 Å². The number of carbonyl (C=O) groups is 3. The Bertz CT molecular complexity index is 690. The van der Waals surface area contributed by atoms with Crippen LogP contribution in [0, 0.1) is 11.8 Å². The number of imide groups is 1. The van der Waals surface area contributed by atoms with Gasteiger partial charge in [0.1, 0.15) is 0 Å². The number of nitrogens with zero attached hydrogens (tertiary/aromatic N) is 1. The van der Waals surface area contributed by atoms with Crippen molar-refractivity contribution < 1.29 is 14.4 Å². The molecule has 1 aliphatic heterocycles. The van der Waals surface area contributed by atoms with Crippen LogP contribution in [-0.4, -0.2) is 34.9 Å². The van der Waals surface area contributed by atoms with Crippen molar-refractivity contribution in [1.82, 2.24) is 4.90 Å². The highest BCUT2D eigenvalue weighted by Crippen LogP contribution is 2.35. The highest BCUT2D eigenvalue weighted by molar-refractivity contribution is 7.99. The van der Waals surface area contributed by atoms with Gasteiger partial charge in [0.05, 0.1) is 17.5 Å². The molecule has 0 bridgehead atoms. The summed E-state index contributed by atoms with van der Waals surface area (Å²) in [6.45, 7) is 2.21.